The normalized spacial score (nSPS) is 28.7. The van der Waals surface area contributed by atoms with Crippen LogP contribution in [-0.2, 0) is 33.7 Å². The third kappa shape index (κ3) is 7.48. The van der Waals surface area contributed by atoms with Gasteiger partial charge in [0.05, 0.1) is 18.9 Å². The quantitative estimate of drug-likeness (QED) is 0.0517. The molecule has 14 nitrogen and oxygen atoms in total. The Bertz CT molecular complexity index is 1140. The zero-order chi connectivity index (χ0) is 27.3. The predicted octanol–water partition coefficient (Wildman–Crippen LogP) is -0.734. The summed E-state index contributed by atoms with van der Waals surface area (Å²) in [6, 6.07) is 6.85. The molecule has 204 valence electrons. The van der Waals surface area contributed by atoms with E-state index in [4.69, 9.17) is 14.0 Å². The molecule has 2 aliphatic heterocycles. The second kappa shape index (κ2) is 12.3. The number of oxime groups is 1. The molecule has 1 saturated heterocycles. The lowest BCUT2D eigenvalue weighted by atomic mass is 9.97. The highest BCUT2D eigenvalue weighted by Gasteiger charge is 2.44. The first-order valence-corrected chi connectivity index (χ1v) is 13.1. The maximum absolute atomic E-state index is 12.6. The van der Waals surface area contributed by atoms with Crippen molar-refractivity contribution in [1.29, 1.82) is 0 Å². The van der Waals surface area contributed by atoms with Crippen LogP contribution in [-0.4, -0.2) is 92.9 Å². The van der Waals surface area contributed by atoms with Gasteiger partial charge in [0.25, 0.3) is 0 Å². The van der Waals surface area contributed by atoms with E-state index in [9.17, 15) is 38.4 Å². The summed E-state index contributed by atoms with van der Waals surface area (Å²) in [6.45, 7) is 2.84. The van der Waals surface area contributed by atoms with Crippen LogP contribution in [0.3, 0.4) is 0 Å². The van der Waals surface area contributed by atoms with Gasteiger partial charge in [-0.15, -0.1) is 0 Å². The average Bonchev–Trinajstić information content (AvgIpc) is 3.16. The third-order valence-electron chi connectivity index (χ3n) is 5.54. The Kier molecular flexibility index (Phi) is 9.65. The number of rotatable bonds is 10. The van der Waals surface area contributed by atoms with Crippen LogP contribution < -0.4 is 5.32 Å². The molecule has 0 unspecified atom stereocenters. The second-order valence-corrected chi connectivity index (χ2v) is 10.3. The molecule has 2 heterocycles. The van der Waals surface area contributed by atoms with Gasteiger partial charge in [0.15, 0.2) is 0 Å². The summed E-state index contributed by atoms with van der Waals surface area (Å²) in [6.07, 6.45) is -6.94. The standard InChI is InChI=1S/C21H26N2O12S2/c1-2-10(33-16(25)8-12-11-5-3-4-6-13(11)22-20(12)29)7-15(23-35-37(30,31)32)36-21-19(28)18(27)17(26)14(9-24)34-21/h2-6,10,12,14,17-19,21,24,26-28H,1,7-9H2,(H,22,29)(H,30,31,32)/b23-15+/t10-,12-,14+,17+,18-,19+,21-/m0/s1. The molecule has 6 N–H and O–H groups in total. The fourth-order valence-electron chi connectivity index (χ4n) is 3.70. The number of carbonyl (C=O) groups is 2. The van der Waals surface area contributed by atoms with Gasteiger partial charge in [-0.2, -0.15) is 8.42 Å². The fraction of sp³-hybridized carbons (Fsp3) is 0.476. The van der Waals surface area contributed by atoms with Crippen LogP contribution in [0.15, 0.2) is 42.1 Å². The number of hydrogen-bond donors (Lipinski definition) is 6. The number of para-hydroxylation sites is 1. The molecule has 0 radical (unpaired) electrons. The largest absolute Gasteiger partial charge is 0.466 e. The molecule has 0 bridgehead atoms. The van der Waals surface area contributed by atoms with Crippen molar-refractivity contribution in [2.24, 2.45) is 5.16 Å². The van der Waals surface area contributed by atoms with Gasteiger partial charge in [-0.1, -0.05) is 47.8 Å². The van der Waals surface area contributed by atoms with Crippen LogP contribution in [0.5, 0.6) is 0 Å². The first kappa shape index (κ1) is 29.0. The van der Waals surface area contributed by atoms with Crippen LogP contribution in [0.1, 0.15) is 24.3 Å². The number of nitrogens with one attached hydrogen (secondary N) is 1. The third-order valence-corrected chi connectivity index (χ3v) is 6.94. The van der Waals surface area contributed by atoms with E-state index < -0.39 is 64.8 Å². The van der Waals surface area contributed by atoms with Crippen molar-refractivity contribution in [2.45, 2.75) is 54.7 Å². The number of amides is 1. The minimum Gasteiger partial charge on any atom is -0.458 e. The molecule has 16 heteroatoms. The fourth-order valence-corrected chi connectivity index (χ4v) is 5.04. The maximum atomic E-state index is 12.6. The van der Waals surface area contributed by atoms with Crippen molar-refractivity contribution in [2.75, 3.05) is 11.9 Å². The van der Waals surface area contributed by atoms with E-state index in [0.717, 1.165) is 0 Å². The molecule has 37 heavy (non-hydrogen) atoms. The number of anilines is 1. The second-order valence-electron chi connectivity index (χ2n) is 8.10. The highest BCUT2D eigenvalue weighted by Crippen LogP contribution is 2.35. The van der Waals surface area contributed by atoms with Crippen LogP contribution in [0, 0.1) is 0 Å². The predicted molar refractivity (Wildman–Crippen MR) is 129 cm³/mol. The number of aliphatic hydroxyl groups excluding tert-OH is 4. The summed E-state index contributed by atoms with van der Waals surface area (Å²) in [5.41, 5.74) is -0.168. The molecule has 7 atom stereocenters. The lowest BCUT2D eigenvalue weighted by Gasteiger charge is -2.39. The zero-order valence-electron chi connectivity index (χ0n) is 19.1. The van der Waals surface area contributed by atoms with Crippen LogP contribution in [0.4, 0.5) is 5.69 Å². The number of nitrogens with zero attached hydrogens (tertiary/aromatic N) is 1. The van der Waals surface area contributed by atoms with E-state index in [0.29, 0.717) is 23.0 Å². The summed E-state index contributed by atoms with van der Waals surface area (Å²) in [4.78, 5) is 24.9. The molecule has 2 aliphatic rings. The molecule has 0 aromatic heterocycles. The number of aliphatic hydroxyl groups is 4. The van der Waals surface area contributed by atoms with E-state index in [1.165, 1.54) is 6.08 Å². The Morgan fingerprint density at radius 3 is 2.59 bits per heavy atom. The van der Waals surface area contributed by atoms with Crippen molar-refractivity contribution < 1.29 is 56.7 Å². The summed E-state index contributed by atoms with van der Waals surface area (Å²) in [7, 11) is -5.04. The smallest absolute Gasteiger partial charge is 0.458 e. The van der Waals surface area contributed by atoms with Crippen molar-refractivity contribution in [3.63, 3.8) is 0 Å². The molecule has 1 aromatic carbocycles. The minimum absolute atomic E-state index is 0.288. The van der Waals surface area contributed by atoms with Gasteiger partial charge in [-0.25, -0.2) is 4.28 Å². The van der Waals surface area contributed by atoms with Gasteiger partial charge in [0.2, 0.25) is 5.91 Å². The van der Waals surface area contributed by atoms with Gasteiger partial charge in [0, 0.05) is 12.1 Å². The highest BCUT2D eigenvalue weighted by molar-refractivity contribution is 8.14. The van der Waals surface area contributed by atoms with Gasteiger partial charge in [-0.05, 0) is 11.6 Å². The molecule has 0 saturated carbocycles. The molecule has 3 rings (SSSR count). The minimum atomic E-state index is -5.04. The van der Waals surface area contributed by atoms with E-state index >= 15 is 0 Å². The number of hydrogen-bond acceptors (Lipinski definition) is 13. The van der Waals surface area contributed by atoms with E-state index in [1.807, 2.05) is 0 Å². The number of esters is 1. The molecule has 0 aliphatic carbocycles. The van der Waals surface area contributed by atoms with Gasteiger partial charge >= 0.3 is 16.4 Å². The van der Waals surface area contributed by atoms with E-state index in [-0.39, 0.29) is 23.8 Å². The lowest BCUT2D eigenvalue weighted by molar-refractivity contribution is -0.205. The first-order chi connectivity index (χ1) is 17.4. The van der Waals surface area contributed by atoms with Gasteiger partial charge < -0.3 is 35.2 Å². The number of thioether (sulfide) groups is 1. The number of carbonyl (C=O) groups excluding carboxylic acids is 2. The Hall–Kier alpha value is -2.57. The number of ether oxygens (including phenoxy) is 2. The van der Waals surface area contributed by atoms with E-state index in [2.05, 4.69) is 21.3 Å². The SMILES string of the molecule is C=C[C@@H](C/C(=N\OS(=O)(=O)O)S[C@@H]1O[C@H](CO)[C@@H](O)[C@H](O)[C@H]1O)OC(=O)C[C@@H]1C(=O)Nc2ccccc21. The summed E-state index contributed by atoms with van der Waals surface area (Å²) < 4.78 is 45.7. The Morgan fingerprint density at radius 2 is 1.95 bits per heavy atom. The first-order valence-electron chi connectivity index (χ1n) is 10.9. The average molecular weight is 563 g/mol. The monoisotopic (exact) mass is 562 g/mol. The van der Waals surface area contributed by atoms with Crippen molar-refractivity contribution in [3.8, 4) is 0 Å². The van der Waals surface area contributed by atoms with Crippen molar-refractivity contribution in [1.82, 2.24) is 0 Å². The summed E-state index contributed by atoms with van der Waals surface area (Å²) in [5.74, 6) is -1.95. The molecular weight excluding hydrogens is 536 g/mol. The Morgan fingerprint density at radius 1 is 1.24 bits per heavy atom. The topological polar surface area (TPSA) is 222 Å². The molecule has 1 aromatic rings. The van der Waals surface area contributed by atoms with Crippen molar-refractivity contribution >= 4 is 44.8 Å². The number of benzene rings is 1. The summed E-state index contributed by atoms with van der Waals surface area (Å²) in [5, 5.41) is 45.2. The highest BCUT2D eigenvalue weighted by atomic mass is 32.3. The Labute approximate surface area is 215 Å². The molecule has 1 fully saturated rings. The zero-order valence-corrected chi connectivity index (χ0v) is 20.7. The molecular formula is C21H26N2O12S2. The van der Waals surface area contributed by atoms with Crippen molar-refractivity contribution in [3.05, 3.63) is 42.5 Å². The van der Waals surface area contributed by atoms with E-state index in [1.54, 1.807) is 24.3 Å². The summed E-state index contributed by atoms with van der Waals surface area (Å²) >= 11 is 0.526. The van der Waals surface area contributed by atoms with Crippen LogP contribution in [0.2, 0.25) is 0 Å². The maximum Gasteiger partial charge on any atom is 0.466 e. The Balaban J connectivity index is 1.71. The van der Waals surface area contributed by atoms with Gasteiger partial charge in [-0.3, -0.25) is 14.1 Å². The number of fused-ring (bicyclic) bond motifs is 1. The molecule has 0 spiro atoms. The lowest BCUT2D eigenvalue weighted by Crippen LogP contribution is -2.57. The molecule has 1 amide bonds. The van der Waals surface area contributed by atoms with Gasteiger partial charge in [0.1, 0.15) is 41.0 Å². The van der Waals surface area contributed by atoms with Crippen LogP contribution >= 0.6 is 11.8 Å². The van der Waals surface area contributed by atoms with Crippen LogP contribution in [0.25, 0.3) is 0 Å².